The third-order valence-corrected chi connectivity index (χ3v) is 13.1. The number of fused-ring (bicyclic) bond motifs is 5. The van der Waals surface area contributed by atoms with E-state index in [-0.39, 0.29) is 48.3 Å². The molecule has 0 aromatic rings. The van der Waals surface area contributed by atoms with E-state index in [1.165, 1.54) is 0 Å². The minimum atomic E-state index is -1.08. The molecule has 4 bridgehead atoms. The Hall–Kier alpha value is -1.24. The van der Waals surface area contributed by atoms with Crippen molar-refractivity contribution in [3.8, 4) is 0 Å². The summed E-state index contributed by atoms with van der Waals surface area (Å²) in [5.74, 6) is -0.399. The highest BCUT2D eigenvalue weighted by Gasteiger charge is 2.85. The molecule has 2 saturated carbocycles. The number of nitrogens with zero attached hydrogens (tertiary/aromatic N) is 1. The molecular formula is C29H38ClNO5. The summed E-state index contributed by atoms with van der Waals surface area (Å²) in [4.78, 5) is 43.2. The number of carbonyl (C=O) groups excluding carboxylic acids is 3. The van der Waals surface area contributed by atoms with E-state index in [9.17, 15) is 14.4 Å². The lowest BCUT2D eigenvalue weighted by atomic mass is 9.34. The van der Waals surface area contributed by atoms with Gasteiger partial charge in [0.25, 0.3) is 0 Å². The van der Waals surface area contributed by atoms with Crippen molar-refractivity contribution in [3.05, 3.63) is 11.6 Å². The van der Waals surface area contributed by atoms with E-state index in [0.29, 0.717) is 12.5 Å². The zero-order valence-electron chi connectivity index (χ0n) is 22.1. The number of halogens is 1. The average Bonchev–Trinajstić information content (AvgIpc) is 3.06. The zero-order chi connectivity index (χ0) is 25.6. The van der Waals surface area contributed by atoms with Gasteiger partial charge in [0.1, 0.15) is 11.5 Å². The monoisotopic (exact) mass is 515 g/mol. The number of alkyl halides is 1. The molecule has 0 N–H and O–H groups in total. The lowest BCUT2D eigenvalue weighted by Gasteiger charge is -2.77. The van der Waals surface area contributed by atoms with Crippen LogP contribution in [0.3, 0.4) is 0 Å². The zero-order valence-corrected chi connectivity index (χ0v) is 22.8. The first kappa shape index (κ1) is 23.8. The third kappa shape index (κ3) is 2.38. The standard InChI is InChI=1S/C29H38ClNO5/c1-15-9-19-18(20(32)10-15)11-21(33)23-25(3)13-22(34)36-29(24(30)27(19,23)5)26(25,4)6-7-28-12-16(2)8-17(35-28)14-31(28)29/h10,16-19,23-24H,6-9,11-14H2,1-5H3. The number of carbonyl (C=O) groups is 3. The number of piperidine rings is 1. The minimum absolute atomic E-state index is 0.0492. The number of esters is 1. The highest BCUT2D eigenvalue weighted by molar-refractivity contribution is 6.23. The van der Waals surface area contributed by atoms with Crippen LogP contribution in [0.25, 0.3) is 0 Å². The summed E-state index contributed by atoms with van der Waals surface area (Å²) in [6.45, 7) is 11.5. The van der Waals surface area contributed by atoms with E-state index < -0.39 is 39.0 Å². The molecule has 196 valence electrons. The topological polar surface area (TPSA) is 72.9 Å². The molecule has 3 aliphatic carbocycles. The van der Waals surface area contributed by atoms with Crippen LogP contribution >= 0.6 is 11.6 Å². The van der Waals surface area contributed by atoms with E-state index in [4.69, 9.17) is 21.1 Å². The molecule has 7 rings (SSSR count). The van der Waals surface area contributed by atoms with Gasteiger partial charge in [-0.2, -0.15) is 0 Å². The van der Waals surface area contributed by atoms with Gasteiger partial charge >= 0.3 is 5.97 Å². The predicted molar refractivity (Wildman–Crippen MR) is 133 cm³/mol. The largest absolute Gasteiger partial charge is 0.441 e. The third-order valence-electron chi connectivity index (χ3n) is 12.3. The molecule has 0 amide bonds. The van der Waals surface area contributed by atoms with Crippen LogP contribution in [0.4, 0.5) is 0 Å². The lowest BCUT2D eigenvalue weighted by Crippen LogP contribution is -2.86. The van der Waals surface area contributed by atoms with Crippen molar-refractivity contribution in [1.29, 1.82) is 0 Å². The summed E-state index contributed by atoms with van der Waals surface area (Å²) in [6.07, 6.45) is 6.56. The van der Waals surface area contributed by atoms with Crippen molar-refractivity contribution >= 4 is 29.1 Å². The number of allylic oxidation sites excluding steroid dienone is 2. The van der Waals surface area contributed by atoms with Gasteiger partial charge in [-0.15, -0.1) is 11.6 Å². The van der Waals surface area contributed by atoms with Crippen molar-refractivity contribution < 1.29 is 23.9 Å². The quantitative estimate of drug-likeness (QED) is 0.346. The summed E-state index contributed by atoms with van der Waals surface area (Å²) >= 11 is 7.79. The number of Topliss-reactive ketones (excluding diaryl/α,β-unsaturated/α-hetero) is 1. The minimum Gasteiger partial charge on any atom is -0.441 e. The summed E-state index contributed by atoms with van der Waals surface area (Å²) in [7, 11) is 0. The molecule has 0 radical (unpaired) electrons. The number of ether oxygens (including phenoxy) is 2. The van der Waals surface area contributed by atoms with Crippen LogP contribution in [0.5, 0.6) is 0 Å². The number of rotatable bonds is 0. The van der Waals surface area contributed by atoms with Gasteiger partial charge < -0.3 is 9.47 Å². The Bertz CT molecular complexity index is 1140. The fraction of sp³-hybridized carbons (Fsp3) is 0.828. The Morgan fingerprint density at radius 2 is 1.86 bits per heavy atom. The van der Waals surface area contributed by atoms with Crippen LogP contribution < -0.4 is 0 Å². The highest BCUT2D eigenvalue weighted by atomic mass is 35.5. The second kappa shape index (κ2) is 6.84. The second-order valence-corrected chi connectivity index (χ2v) is 14.5. The fourth-order valence-corrected chi connectivity index (χ4v) is 11.6. The van der Waals surface area contributed by atoms with Gasteiger partial charge in [0, 0.05) is 35.6 Å². The molecule has 0 aromatic carbocycles. The molecule has 11 unspecified atom stereocenters. The first-order valence-electron chi connectivity index (χ1n) is 13.9. The van der Waals surface area contributed by atoms with E-state index >= 15 is 0 Å². The maximum absolute atomic E-state index is 14.1. The maximum Gasteiger partial charge on any atom is 0.308 e. The van der Waals surface area contributed by atoms with Gasteiger partial charge in [0.15, 0.2) is 11.5 Å². The van der Waals surface area contributed by atoms with Gasteiger partial charge in [-0.05, 0) is 62.4 Å². The average molecular weight is 516 g/mol. The molecule has 7 heteroatoms. The molecule has 4 saturated heterocycles. The predicted octanol–water partition coefficient (Wildman–Crippen LogP) is 4.63. The Kier molecular flexibility index (Phi) is 4.53. The summed E-state index contributed by atoms with van der Waals surface area (Å²) in [6, 6.07) is 0. The molecule has 6 nitrogen and oxygen atoms in total. The van der Waals surface area contributed by atoms with Crippen molar-refractivity contribution in [3.63, 3.8) is 0 Å². The van der Waals surface area contributed by atoms with Crippen molar-refractivity contribution in [2.75, 3.05) is 6.54 Å². The van der Waals surface area contributed by atoms with E-state index in [1.807, 2.05) is 6.92 Å². The molecule has 7 aliphatic rings. The Balaban J connectivity index is 1.48. The van der Waals surface area contributed by atoms with Gasteiger partial charge in [0.05, 0.1) is 17.9 Å². The summed E-state index contributed by atoms with van der Waals surface area (Å²) in [5.41, 5.74) is -2.35. The van der Waals surface area contributed by atoms with Crippen LogP contribution in [0.1, 0.15) is 79.6 Å². The van der Waals surface area contributed by atoms with Crippen molar-refractivity contribution in [1.82, 2.24) is 4.90 Å². The summed E-state index contributed by atoms with van der Waals surface area (Å²) in [5, 5.41) is -0.636. The molecular weight excluding hydrogens is 478 g/mol. The lowest BCUT2D eigenvalue weighted by molar-refractivity contribution is -0.376. The van der Waals surface area contributed by atoms with E-state index in [1.54, 1.807) is 6.08 Å². The first-order valence-corrected chi connectivity index (χ1v) is 14.3. The van der Waals surface area contributed by atoms with Gasteiger partial charge in [-0.3, -0.25) is 14.4 Å². The van der Waals surface area contributed by atoms with E-state index in [2.05, 4.69) is 32.6 Å². The van der Waals surface area contributed by atoms with Crippen LogP contribution in [-0.4, -0.2) is 51.9 Å². The number of hydrogen-bond acceptors (Lipinski definition) is 6. The van der Waals surface area contributed by atoms with Crippen molar-refractivity contribution in [2.45, 2.75) is 102 Å². The Labute approximate surface area is 218 Å². The summed E-state index contributed by atoms with van der Waals surface area (Å²) < 4.78 is 13.4. The molecule has 36 heavy (non-hydrogen) atoms. The molecule has 1 spiro atoms. The van der Waals surface area contributed by atoms with Crippen LogP contribution in [0.2, 0.25) is 0 Å². The molecule has 4 heterocycles. The Morgan fingerprint density at radius 1 is 1.11 bits per heavy atom. The second-order valence-electron chi connectivity index (χ2n) is 14.1. The van der Waals surface area contributed by atoms with Gasteiger partial charge in [-0.25, -0.2) is 4.90 Å². The van der Waals surface area contributed by atoms with Crippen LogP contribution in [-0.2, 0) is 23.9 Å². The number of hydrogen-bond donors (Lipinski definition) is 0. The number of ketones is 2. The molecule has 6 fully saturated rings. The highest BCUT2D eigenvalue weighted by Crippen LogP contribution is 2.78. The van der Waals surface area contributed by atoms with Crippen molar-refractivity contribution in [2.24, 2.45) is 39.9 Å². The normalized spacial score (nSPS) is 57.7. The first-order chi connectivity index (χ1) is 16.8. The smallest absolute Gasteiger partial charge is 0.308 e. The van der Waals surface area contributed by atoms with Gasteiger partial charge in [0.2, 0.25) is 0 Å². The van der Waals surface area contributed by atoms with Crippen LogP contribution in [0.15, 0.2) is 11.6 Å². The fourth-order valence-electron chi connectivity index (χ4n) is 10.9. The molecule has 11 atom stereocenters. The van der Waals surface area contributed by atoms with Crippen LogP contribution in [0, 0.1) is 39.9 Å². The molecule has 4 aliphatic heterocycles. The van der Waals surface area contributed by atoms with Gasteiger partial charge in [-0.1, -0.05) is 33.3 Å². The maximum atomic E-state index is 14.1. The van der Waals surface area contributed by atoms with E-state index in [0.717, 1.165) is 37.7 Å². The molecule has 0 aromatic heterocycles. The SMILES string of the molecule is CC1=CC(=O)C2CC(=O)C3C(C)(C2C1)C(Cl)C12OC(=O)CC3(C)C1(C)CCC13CC(C)CC(CN12)O3. The Morgan fingerprint density at radius 3 is 2.61 bits per heavy atom.